The van der Waals surface area contributed by atoms with Crippen molar-refractivity contribution in [3.63, 3.8) is 0 Å². The van der Waals surface area contributed by atoms with Crippen molar-refractivity contribution >= 4 is 17.3 Å². The van der Waals surface area contributed by atoms with Gasteiger partial charge in [-0.05, 0) is 30.4 Å². The smallest absolute Gasteiger partial charge is 0.291 e. The molecule has 0 spiro atoms. The van der Waals surface area contributed by atoms with Crippen molar-refractivity contribution in [2.24, 2.45) is 5.92 Å². The summed E-state index contributed by atoms with van der Waals surface area (Å²) in [7, 11) is 0. The maximum Gasteiger partial charge on any atom is 0.291 e. The van der Waals surface area contributed by atoms with Crippen molar-refractivity contribution in [2.45, 2.75) is 25.9 Å². The molecule has 1 saturated carbocycles. The van der Waals surface area contributed by atoms with Gasteiger partial charge in [0.1, 0.15) is 5.69 Å². The number of aromatic nitrogens is 3. The number of hydrogen-bond acceptors (Lipinski definition) is 4. The van der Waals surface area contributed by atoms with E-state index in [4.69, 9.17) is 11.6 Å². The molecule has 2 aromatic rings. The van der Waals surface area contributed by atoms with Gasteiger partial charge in [-0.1, -0.05) is 17.7 Å². The lowest BCUT2D eigenvalue weighted by molar-refractivity contribution is 0.534. The Balaban J connectivity index is 1.79. The van der Waals surface area contributed by atoms with E-state index in [9.17, 15) is 4.79 Å². The minimum atomic E-state index is -0.159. The Labute approximate surface area is 121 Å². The highest BCUT2D eigenvalue weighted by Gasteiger charge is 2.23. The van der Waals surface area contributed by atoms with Crippen LogP contribution in [0.5, 0.6) is 0 Å². The highest BCUT2D eigenvalue weighted by atomic mass is 35.5. The van der Waals surface area contributed by atoms with Crippen LogP contribution in [-0.2, 0) is 13.1 Å². The van der Waals surface area contributed by atoms with Crippen LogP contribution in [0.25, 0.3) is 0 Å². The number of halogens is 1. The fraction of sp³-hybridized carbons (Fsp3) is 0.357. The van der Waals surface area contributed by atoms with Gasteiger partial charge in [-0.15, -0.1) is 0 Å². The molecule has 1 N–H and O–H groups in total. The van der Waals surface area contributed by atoms with E-state index in [0.717, 1.165) is 5.56 Å². The largest absolute Gasteiger partial charge is 0.375 e. The highest BCUT2D eigenvalue weighted by Crippen LogP contribution is 2.30. The van der Waals surface area contributed by atoms with Gasteiger partial charge in [0.05, 0.1) is 11.2 Å². The molecule has 1 aliphatic rings. The second-order valence-electron chi connectivity index (χ2n) is 5.01. The molecular weight excluding hydrogens is 276 g/mol. The van der Waals surface area contributed by atoms with Crippen LogP contribution in [0.4, 0.5) is 5.69 Å². The number of anilines is 1. The van der Waals surface area contributed by atoms with Crippen molar-refractivity contribution in [2.75, 3.05) is 5.32 Å². The average Bonchev–Trinajstić information content (AvgIpc) is 3.27. The quantitative estimate of drug-likeness (QED) is 0.918. The lowest BCUT2D eigenvalue weighted by atomic mass is 10.3. The molecule has 20 heavy (non-hydrogen) atoms. The summed E-state index contributed by atoms with van der Waals surface area (Å²) in [6, 6.07) is 3.80. The number of nitrogens with one attached hydrogen (secondary N) is 1. The van der Waals surface area contributed by atoms with Crippen molar-refractivity contribution < 1.29 is 0 Å². The standard InChI is InChI=1S/C14H15ClN4O/c15-12-8-18-19(9-10-3-4-10)14(20)13(12)17-7-11-2-1-5-16-6-11/h1-2,5-6,8,10,17H,3-4,7,9H2. The van der Waals surface area contributed by atoms with E-state index in [0.29, 0.717) is 29.7 Å². The van der Waals surface area contributed by atoms with Crippen LogP contribution in [0.2, 0.25) is 5.02 Å². The third-order valence-corrected chi connectivity index (χ3v) is 3.60. The van der Waals surface area contributed by atoms with Gasteiger partial charge >= 0.3 is 0 Å². The first-order valence-corrected chi connectivity index (χ1v) is 7.00. The first-order valence-electron chi connectivity index (χ1n) is 6.62. The number of nitrogens with zero attached hydrogens (tertiary/aromatic N) is 3. The van der Waals surface area contributed by atoms with E-state index >= 15 is 0 Å². The Kier molecular flexibility index (Phi) is 3.69. The van der Waals surface area contributed by atoms with Crippen molar-refractivity contribution in [1.29, 1.82) is 0 Å². The maximum absolute atomic E-state index is 12.3. The molecule has 2 aromatic heterocycles. The van der Waals surface area contributed by atoms with Crippen LogP contribution in [0, 0.1) is 5.92 Å². The van der Waals surface area contributed by atoms with Crippen LogP contribution in [-0.4, -0.2) is 14.8 Å². The van der Waals surface area contributed by atoms with Gasteiger partial charge in [0, 0.05) is 25.5 Å². The number of pyridine rings is 1. The first kappa shape index (κ1) is 13.1. The second-order valence-corrected chi connectivity index (χ2v) is 5.42. The summed E-state index contributed by atoms with van der Waals surface area (Å²) < 4.78 is 1.50. The zero-order chi connectivity index (χ0) is 13.9. The molecule has 0 bridgehead atoms. The monoisotopic (exact) mass is 290 g/mol. The Hall–Kier alpha value is -1.88. The van der Waals surface area contributed by atoms with Gasteiger partial charge < -0.3 is 5.32 Å². The van der Waals surface area contributed by atoms with E-state index < -0.39 is 0 Å². The third kappa shape index (κ3) is 2.99. The molecule has 0 radical (unpaired) electrons. The zero-order valence-electron chi connectivity index (χ0n) is 10.9. The summed E-state index contributed by atoms with van der Waals surface area (Å²) >= 11 is 6.07. The summed E-state index contributed by atoms with van der Waals surface area (Å²) in [6.45, 7) is 1.19. The Morgan fingerprint density at radius 3 is 2.95 bits per heavy atom. The molecule has 0 unspecified atom stereocenters. The fourth-order valence-corrected chi connectivity index (χ4v) is 2.19. The summed E-state index contributed by atoms with van der Waals surface area (Å²) in [5.74, 6) is 0.590. The van der Waals surface area contributed by atoms with E-state index in [1.807, 2.05) is 12.1 Å². The van der Waals surface area contributed by atoms with Crippen LogP contribution in [0.3, 0.4) is 0 Å². The van der Waals surface area contributed by atoms with Gasteiger partial charge in [0.2, 0.25) is 0 Å². The Bertz CT molecular complexity index is 652. The fourth-order valence-electron chi connectivity index (χ4n) is 2.00. The van der Waals surface area contributed by atoms with Gasteiger partial charge in [-0.3, -0.25) is 9.78 Å². The summed E-state index contributed by atoms with van der Waals surface area (Å²) in [5.41, 5.74) is 1.24. The van der Waals surface area contributed by atoms with E-state index in [1.165, 1.54) is 23.7 Å². The van der Waals surface area contributed by atoms with Crippen LogP contribution >= 0.6 is 11.6 Å². The molecule has 6 heteroatoms. The molecule has 0 amide bonds. The van der Waals surface area contributed by atoms with Crippen molar-refractivity contribution in [1.82, 2.24) is 14.8 Å². The highest BCUT2D eigenvalue weighted by molar-refractivity contribution is 6.32. The molecule has 104 valence electrons. The molecule has 0 aromatic carbocycles. The second kappa shape index (κ2) is 5.63. The van der Waals surface area contributed by atoms with Crippen LogP contribution in [0.15, 0.2) is 35.5 Å². The maximum atomic E-state index is 12.3. The molecule has 1 fully saturated rings. The van der Waals surface area contributed by atoms with E-state index in [1.54, 1.807) is 12.4 Å². The topological polar surface area (TPSA) is 59.8 Å². The third-order valence-electron chi connectivity index (χ3n) is 3.32. The lowest BCUT2D eigenvalue weighted by Crippen LogP contribution is -2.26. The van der Waals surface area contributed by atoms with Crippen LogP contribution < -0.4 is 10.9 Å². The van der Waals surface area contributed by atoms with Gasteiger partial charge in [-0.2, -0.15) is 5.10 Å². The minimum absolute atomic E-state index is 0.159. The molecular formula is C14H15ClN4O. The number of hydrogen-bond donors (Lipinski definition) is 1. The molecule has 5 nitrogen and oxygen atoms in total. The van der Waals surface area contributed by atoms with E-state index in [-0.39, 0.29) is 5.56 Å². The molecule has 1 aliphatic carbocycles. The van der Waals surface area contributed by atoms with Gasteiger partial charge in [0.25, 0.3) is 5.56 Å². The average molecular weight is 291 g/mol. The predicted molar refractivity (Wildman–Crippen MR) is 77.8 cm³/mol. The van der Waals surface area contributed by atoms with Gasteiger partial charge in [-0.25, -0.2) is 4.68 Å². The zero-order valence-corrected chi connectivity index (χ0v) is 11.7. The molecule has 0 aliphatic heterocycles. The SMILES string of the molecule is O=c1c(NCc2cccnc2)c(Cl)cnn1CC1CC1. The Morgan fingerprint density at radius 2 is 2.25 bits per heavy atom. The molecule has 2 heterocycles. The molecule has 0 atom stereocenters. The predicted octanol–water partition coefficient (Wildman–Crippen LogP) is 2.31. The Morgan fingerprint density at radius 1 is 1.40 bits per heavy atom. The summed E-state index contributed by atoms with van der Waals surface area (Å²) in [6.07, 6.45) is 7.34. The summed E-state index contributed by atoms with van der Waals surface area (Å²) in [5, 5.41) is 7.53. The van der Waals surface area contributed by atoms with Crippen LogP contribution in [0.1, 0.15) is 18.4 Å². The summed E-state index contributed by atoms with van der Waals surface area (Å²) in [4.78, 5) is 16.4. The van der Waals surface area contributed by atoms with Crippen molar-refractivity contribution in [3.8, 4) is 0 Å². The number of rotatable bonds is 5. The molecule has 0 saturated heterocycles. The minimum Gasteiger partial charge on any atom is -0.375 e. The van der Waals surface area contributed by atoms with Gasteiger partial charge in [0.15, 0.2) is 0 Å². The lowest BCUT2D eigenvalue weighted by Gasteiger charge is -2.10. The first-order chi connectivity index (χ1) is 9.74. The molecule has 3 rings (SSSR count). The van der Waals surface area contributed by atoms with Crippen molar-refractivity contribution in [3.05, 3.63) is 51.7 Å². The van der Waals surface area contributed by atoms with E-state index in [2.05, 4.69) is 15.4 Å². The normalized spacial score (nSPS) is 14.2.